The molecule has 1 aromatic heterocycles. The van der Waals surface area contributed by atoms with E-state index in [0.29, 0.717) is 29.9 Å². The molecule has 0 unspecified atom stereocenters. The smallest absolute Gasteiger partial charge is 0.170 e. The van der Waals surface area contributed by atoms with Crippen molar-refractivity contribution in [1.29, 1.82) is 0 Å². The van der Waals surface area contributed by atoms with Crippen molar-refractivity contribution in [1.82, 2.24) is 20.3 Å². The highest BCUT2D eigenvalue weighted by Gasteiger charge is 2.14. The fraction of sp³-hybridized carbons (Fsp3) is 0.385. The number of anilines is 2. The van der Waals surface area contributed by atoms with Gasteiger partial charge < -0.3 is 20.7 Å². The van der Waals surface area contributed by atoms with Gasteiger partial charge in [0, 0.05) is 25.9 Å². The largest absolute Gasteiger partial charge is 0.394 e. The van der Waals surface area contributed by atoms with Crippen LogP contribution in [-0.4, -0.2) is 60.2 Å². The maximum atomic E-state index is 11.3. The second kappa shape index (κ2) is 14.6. The second-order valence-corrected chi connectivity index (χ2v) is 8.33. The summed E-state index contributed by atoms with van der Waals surface area (Å²) in [5, 5.41) is 7.17. The van der Waals surface area contributed by atoms with Crippen LogP contribution in [0.25, 0.3) is 12.2 Å². The number of piperidine rings is 1. The van der Waals surface area contributed by atoms with Crippen LogP contribution in [0.4, 0.5) is 11.5 Å². The average molecular weight is 480 g/mol. The number of aromatic nitrogens is 2. The molecule has 9 nitrogen and oxygen atoms in total. The number of aldehydes is 1. The number of nitrogens with two attached hydrogens (primary N) is 1. The zero-order valence-electron chi connectivity index (χ0n) is 21.3. The van der Waals surface area contributed by atoms with Gasteiger partial charge in [0.25, 0.3) is 0 Å². The maximum Gasteiger partial charge on any atom is 0.170 e. The zero-order chi connectivity index (χ0) is 25.6. The Balaban J connectivity index is 0.000000402. The van der Waals surface area contributed by atoms with Crippen LogP contribution in [0.5, 0.6) is 0 Å². The third-order valence-corrected chi connectivity index (χ3v) is 5.27. The number of carbonyl (C=O) groups is 1. The minimum atomic E-state index is 0.126. The summed E-state index contributed by atoms with van der Waals surface area (Å²) in [5.74, 6) is 1.30. The van der Waals surface area contributed by atoms with Crippen LogP contribution >= 0.6 is 0 Å². The molecule has 1 saturated heterocycles. The standard InChI is InChI=1S/C19H22N6O.C7H15NO/c1-4-16(25-24-13(2)3)22-19-18(20)15(12-26)21-17(23-19)11-10-14-8-6-5-7-9-14;1-8-5-3-7(9-2)4-6-8/h4-12,25H,20H2,1-3H3,(H,21,22,23);7H,3-6H2,1-2H3/b11-10+,16-4-;. The van der Waals surface area contributed by atoms with Crippen LogP contribution < -0.4 is 16.5 Å². The topological polar surface area (TPSA) is 118 Å². The first kappa shape index (κ1) is 27.7. The van der Waals surface area contributed by atoms with E-state index in [1.807, 2.05) is 57.2 Å². The van der Waals surface area contributed by atoms with Gasteiger partial charge in [-0.25, -0.2) is 9.97 Å². The molecular formula is C26H37N7O2. The maximum absolute atomic E-state index is 11.3. The summed E-state index contributed by atoms with van der Waals surface area (Å²) in [7, 11) is 3.96. The van der Waals surface area contributed by atoms with Gasteiger partial charge in [0.2, 0.25) is 0 Å². The molecule has 1 aromatic carbocycles. The lowest BCUT2D eigenvalue weighted by Gasteiger charge is -2.27. The van der Waals surface area contributed by atoms with E-state index in [4.69, 9.17) is 10.5 Å². The number of benzene rings is 1. The lowest BCUT2D eigenvalue weighted by Crippen LogP contribution is -2.33. The number of ether oxygens (including phenoxy) is 1. The lowest BCUT2D eigenvalue weighted by atomic mass is 10.1. The molecule has 2 heterocycles. The quantitative estimate of drug-likeness (QED) is 0.295. The lowest BCUT2D eigenvalue weighted by molar-refractivity contribution is 0.0484. The first-order valence-electron chi connectivity index (χ1n) is 11.6. The summed E-state index contributed by atoms with van der Waals surface area (Å²) in [6, 6.07) is 9.73. The van der Waals surface area contributed by atoms with Crippen molar-refractivity contribution in [3.05, 3.63) is 59.3 Å². The number of methoxy groups -OCH3 is 1. The molecule has 1 aliphatic heterocycles. The average Bonchev–Trinajstić information content (AvgIpc) is 2.88. The summed E-state index contributed by atoms with van der Waals surface area (Å²) >= 11 is 0. The Morgan fingerprint density at radius 2 is 1.86 bits per heavy atom. The SMILES string of the molecule is C/C=C(\NN=C(C)C)Nc1nc(/C=C/c2ccccc2)nc(C=O)c1N.COC1CCN(C)CC1. The summed E-state index contributed by atoms with van der Waals surface area (Å²) < 4.78 is 5.21. The van der Waals surface area contributed by atoms with E-state index in [9.17, 15) is 4.79 Å². The number of likely N-dealkylation sites (tertiary alicyclic amines) is 1. The molecule has 2 aromatic rings. The molecule has 3 rings (SSSR count). The third-order valence-electron chi connectivity index (χ3n) is 5.27. The van der Waals surface area contributed by atoms with E-state index in [2.05, 4.69) is 37.8 Å². The van der Waals surface area contributed by atoms with Gasteiger partial charge in [0.05, 0.1) is 6.10 Å². The summed E-state index contributed by atoms with van der Waals surface area (Å²) in [6.07, 6.45) is 8.92. The molecule has 0 atom stereocenters. The number of nitrogen functional groups attached to an aromatic ring is 1. The first-order valence-corrected chi connectivity index (χ1v) is 11.6. The van der Waals surface area contributed by atoms with Crippen LogP contribution in [0, 0.1) is 0 Å². The highest BCUT2D eigenvalue weighted by molar-refractivity contribution is 5.86. The molecule has 1 aliphatic rings. The monoisotopic (exact) mass is 479 g/mol. The third kappa shape index (κ3) is 9.68. The second-order valence-electron chi connectivity index (χ2n) is 8.33. The molecule has 9 heteroatoms. The van der Waals surface area contributed by atoms with Gasteiger partial charge in [0.1, 0.15) is 17.2 Å². The van der Waals surface area contributed by atoms with Gasteiger partial charge >= 0.3 is 0 Å². The van der Waals surface area contributed by atoms with Crippen molar-refractivity contribution in [2.75, 3.05) is 38.3 Å². The Morgan fingerprint density at radius 3 is 2.43 bits per heavy atom. The van der Waals surface area contributed by atoms with Crippen molar-refractivity contribution in [3.63, 3.8) is 0 Å². The highest BCUT2D eigenvalue weighted by atomic mass is 16.5. The van der Waals surface area contributed by atoms with Crippen LogP contribution in [0.1, 0.15) is 55.5 Å². The van der Waals surface area contributed by atoms with E-state index in [0.717, 1.165) is 11.3 Å². The predicted octanol–water partition coefficient (Wildman–Crippen LogP) is 4.03. The highest BCUT2D eigenvalue weighted by Crippen LogP contribution is 2.20. The normalized spacial score (nSPS) is 14.7. The number of allylic oxidation sites excluding steroid dienone is 1. The molecule has 188 valence electrons. The summed E-state index contributed by atoms with van der Waals surface area (Å²) in [6.45, 7) is 7.97. The van der Waals surface area contributed by atoms with Gasteiger partial charge in [0.15, 0.2) is 17.9 Å². The van der Waals surface area contributed by atoms with E-state index in [1.54, 1.807) is 19.3 Å². The van der Waals surface area contributed by atoms with Crippen LogP contribution in [0.2, 0.25) is 0 Å². The minimum Gasteiger partial charge on any atom is -0.394 e. The van der Waals surface area contributed by atoms with Crippen molar-refractivity contribution < 1.29 is 9.53 Å². The summed E-state index contributed by atoms with van der Waals surface area (Å²) in [4.78, 5) is 22.2. The van der Waals surface area contributed by atoms with Gasteiger partial charge in [-0.05, 0) is 58.4 Å². The fourth-order valence-electron chi connectivity index (χ4n) is 3.18. The molecule has 0 saturated carbocycles. The van der Waals surface area contributed by atoms with Crippen molar-refractivity contribution in [3.8, 4) is 0 Å². The number of rotatable bonds is 8. The van der Waals surface area contributed by atoms with Gasteiger partial charge in [-0.1, -0.05) is 36.4 Å². The number of nitrogens with zero attached hydrogens (tertiary/aromatic N) is 4. The Morgan fingerprint density at radius 1 is 1.17 bits per heavy atom. The Kier molecular flexibility index (Phi) is 11.6. The predicted molar refractivity (Wildman–Crippen MR) is 144 cm³/mol. The Bertz CT molecular complexity index is 1020. The molecule has 4 N–H and O–H groups in total. The molecular weight excluding hydrogens is 442 g/mol. The van der Waals surface area contributed by atoms with E-state index in [-0.39, 0.29) is 11.4 Å². The number of hydrogen-bond acceptors (Lipinski definition) is 9. The van der Waals surface area contributed by atoms with Crippen LogP contribution in [0.15, 0.2) is 47.3 Å². The fourth-order valence-corrected chi connectivity index (χ4v) is 3.18. The van der Waals surface area contributed by atoms with Crippen molar-refractivity contribution in [2.45, 2.75) is 39.7 Å². The molecule has 0 amide bonds. The molecule has 0 spiro atoms. The van der Waals surface area contributed by atoms with Gasteiger partial charge in [-0.3, -0.25) is 10.2 Å². The van der Waals surface area contributed by atoms with Gasteiger partial charge in [-0.15, -0.1) is 0 Å². The Hall–Kier alpha value is -3.56. The number of hydrogen-bond donors (Lipinski definition) is 3. The number of hydrazone groups is 1. The van der Waals surface area contributed by atoms with Gasteiger partial charge in [-0.2, -0.15) is 5.10 Å². The zero-order valence-corrected chi connectivity index (χ0v) is 21.3. The Labute approximate surface area is 208 Å². The van der Waals surface area contributed by atoms with Crippen LogP contribution in [0.3, 0.4) is 0 Å². The van der Waals surface area contributed by atoms with Crippen molar-refractivity contribution in [2.24, 2.45) is 5.10 Å². The first-order chi connectivity index (χ1) is 16.9. The number of nitrogens with one attached hydrogen (secondary N) is 2. The molecule has 35 heavy (non-hydrogen) atoms. The number of carbonyl (C=O) groups excluding carboxylic acids is 1. The molecule has 1 fully saturated rings. The molecule has 0 radical (unpaired) electrons. The van der Waals surface area contributed by atoms with E-state index < -0.39 is 0 Å². The van der Waals surface area contributed by atoms with Crippen molar-refractivity contribution >= 4 is 35.7 Å². The summed E-state index contributed by atoms with van der Waals surface area (Å²) in [5.41, 5.74) is 11.0. The molecule has 0 bridgehead atoms. The van der Waals surface area contributed by atoms with Crippen LogP contribution in [-0.2, 0) is 4.74 Å². The van der Waals surface area contributed by atoms with E-state index in [1.165, 1.54) is 25.9 Å². The van der Waals surface area contributed by atoms with E-state index >= 15 is 0 Å². The minimum absolute atomic E-state index is 0.126. The molecule has 0 aliphatic carbocycles.